The standard InChI is InChI=1S/C21H19N3.C21H18N2.C19H17N3O.C19H17N3S.C19H17N3/c1-24-15-20(16-7-3-2-4-8-16)23-21(24)14-13-18-12-11-17-9-5-6-10-19(17)22-18;1-2-6-16(7-3-1)21-15-14-19(23-21)13-12-18-11-10-17-8-4-5-9-20(17)22-18;1-22-13-17(18-7-4-12-23-18)21-19(22)11-10-15-9-8-14-5-2-3-6-16(14)20-15;1-22-12-18(15-10-11-23-13-15)21-19(22)9-8-16-7-6-14-4-2-3-5-17(14)20-16;1-22-18-9-5-4-8-17(18)21-19(22)13-12-15-11-10-14-6-2-3-7-16(14)20-15/h2-12,15H,13-14H2,1H3;1-11,15H,12-14H2;2-9,12-13H,10-11H2,1H3;2-7,10-13H,8-9H2,1H3;2-11H,12-13H2,1H3. The molecule has 0 bridgehead atoms. The number of aryl methyl sites for hydroxylation is 13. The summed E-state index contributed by atoms with van der Waals surface area (Å²) >= 11 is 1.70. The van der Waals surface area contributed by atoms with Crippen molar-refractivity contribution >= 4 is 88.3 Å². The first-order chi connectivity index (χ1) is 56.6. The fraction of sp³-hybridized carbons (Fsp3) is 0.152. The third kappa shape index (κ3) is 19.1. The second-order valence-corrected chi connectivity index (χ2v) is 29.5. The smallest absolute Gasteiger partial charge is 0.153 e. The van der Waals surface area contributed by atoms with Crippen LogP contribution < -0.4 is 0 Å². The summed E-state index contributed by atoms with van der Waals surface area (Å²) in [5.74, 6) is 5.13. The van der Waals surface area contributed by atoms with Gasteiger partial charge >= 0.3 is 0 Å². The van der Waals surface area contributed by atoms with Crippen molar-refractivity contribution in [1.29, 1.82) is 0 Å². The molecule has 0 saturated carbocycles. The van der Waals surface area contributed by atoms with Gasteiger partial charge in [-0.3, -0.25) is 29.9 Å². The van der Waals surface area contributed by atoms with Crippen LogP contribution in [-0.2, 0) is 86.0 Å². The van der Waals surface area contributed by atoms with Crippen LogP contribution in [0.25, 0.3) is 105 Å². The summed E-state index contributed by atoms with van der Waals surface area (Å²) in [4.78, 5) is 47.4. The lowest BCUT2D eigenvalue weighted by Crippen LogP contribution is -2.01. The molecule has 0 fully saturated rings. The Balaban J connectivity index is 0.000000108. The van der Waals surface area contributed by atoms with E-state index in [9.17, 15) is 0 Å². The lowest BCUT2D eigenvalue weighted by Gasteiger charge is -2.04. The molecule has 0 aliphatic carbocycles. The molecule has 566 valence electrons. The summed E-state index contributed by atoms with van der Waals surface area (Å²) < 4.78 is 13.9. The van der Waals surface area contributed by atoms with Crippen LogP contribution >= 0.6 is 11.3 Å². The van der Waals surface area contributed by atoms with Gasteiger partial charge in [-0.05, 0) is 140 Å². The van der Waals surface area contributed by atoms with Crippen LogP contribution in [0.2, 0.25) is 0 Å². The second-order valence-electron chi connectivity index (χ2n) is 28.7. The SMILES string of the molecule is C1=C(c2ccccc2)N=C(CCc2ccc3ccccc3n2)C1.Cn1c(CCc2ccc3ccccc3n2)nc2ccccc21.Cn1cc(-c2ccccc2)nc1CCc1ccc2ccccc2n1.Cn1cc(-c2ccco2)nc1CCc1ccc2ccccc2n1.Cn1cc(-c2ccsc2)nc1CCc1ccc2ccccc2n1. The molecule has 19 aromatic rings. The molecule has 0 unspecified atom stereocenters. The highest BCUT2D eigenvalue weighted by Crippen LogP contribution is 2.28. The Labute approximate surface area is 673 Å². The van der Waals surface area contributed by atoms with E-state index >= 15 is 0 Å². The van der Waals surface area contributed by atoms with Crippen molar-refractivity contribution in [3.8, 4) is 34.0 Å². The maximum absolute atomic E-state index is 5.41. The highest BCUT2D eigenvalue weighted by Gasteiger charge is 2.16. The van der Waals surface area contributed by atoms with Crippen LogP contribution in [0, 0.1) is 0 Å². The Kier molecular flexibility index (Phi) is 23.7. The number of aromatic nitrogens is 13. The van der Waals surface area contributed by atoms with Crippen LogP contribution in [0.4, 0.5) is 0 Å². The van der Waals surface area contributed by atoms with Crippen molar-refractivity contribution in [3.05, 3.63) is 384 Å². The largest absolute Gasteiger partial charge is 0.463 e. The van der Waals surface area contributed by atoms with Crippen molar-refractivity contribution < 1.29 is 4.42 Å². The van der Waals surface area contributed by atoms with E-state index in [1.165, 1.54) is 49.3 Å². The van der Waals surface area contributed by atoms with Crippen LogP contribution in [0.1, 0.15) is 70.2 Å². The summed E-state index contributed by atoms with van der Waals surface area (Å²) in [6.07, 6.45) is 20.1. The van der Waals surface area contributed by atoms with Gasteiger partial charge in [0.2, 0.25) is 0 Å². The Morgan fingerprint density at radius 3 is 1.10 bits per heavy atom. The second kappa shape index (κ2) is 36.2. The molecule has 0 spiro atoms. The van der Waals surface area contributed by atoms with Gasteiger partial charge in [0.05, 0.1) is 62.0 Å². The number of fused-ring (bicyclic) bond motifs is 6. The molecule has 1 aliphatic heterocycles. The number of rotatable bonds is 19. The molecule has 0 saturated heterocycles. The Morgan fingerprint density at radius 1 is 0.304 bits per heavy atom. The molecule has 15 nitrogen and oxygen atoms in total. The Hall–Kier alpha value is -13.7. The monoisotopic (exact) mass is 1520 g/mol. The Bertz CT molecular complexity index is 6370. The summed E-state index contributed by atoms with van der Waals surface area (Å²) in [5, 5.41) is 10.2. The van der Waals surface area contributed by atoms with Gasteiger partial charge in [0, 0.05) is 157 Å². The minimum atomic E-state index is 0.802. The van der Waals surface area contributed by atoms with Crippen molar-refractivity contribution in [1.82, 2.24) is 63.1 Å². The average molecular weight is 1520 g/mol. The number of furan rings is 1. The highest BCUT2D eigenvalue weighted by atomic mass is 32.1. The molecule has 0 N–H and O–H groups in total. The minimum absolute atomic E-state index is 0.802. The van der Waals surface area contributed by atoms with Gasteiger partial charge in [-0.15, -0.1) is 0 Å². The number of hydrogen-bond donors (Lipinski definition) is 0. The summed E-state index contributed by atoms with van der Waals surface area (Å²) in [7, 11) is 8.22. The molecule has 20 rings (SSSR count). The number of imidazole rings is 4. The Morgan fingerprint density at radius 2 is 0.678 bits per heavy atom. The van der Waals surface area contributed by atoms with Gasteiger partial charge in [0.1, 0.15) is 29.0 Å². The molecule has 8 aromatic carbocycles. The van der Waals surface area contributed by atoms with E-state index in [1.807, 2.05) is 116 Å². The summed E-state index contributed by atoms with van der Waals surface area (Å²) in [6, 6.07) is 97.3. The number of para-hydroxylation sites is 7. The minimum Gasteiger partial charge on any atom is -0.463 e. The van der Waals surface area contributed by atoms with Crippen LogP contribution in [0.3, 0.4) is 0 Å². The molecule has 16 heteroatoms. The van der Waals surface area contributed by atoms with E-state index in [2.05, 4.69) is 256 Å². The fourth-order valence-electron chi connectivity index (χ4n) is 14.4. The van der Waals surface area contributed by atoms with Crippen molar-refractivity contribution in [2.75, 3.05) is 0 Å². The van der Waals surface area contributed by atoms with Gasteiger partial charge in [-0.1, -0.05) is 200 Å². The van der Waals surface area contributed by atoms with E-state index in [1.54, 1.807) is 17.6 Å². The molecule has 11 aromatic heterocycles. The van der Waals surface area contributed by atoms with Gasteiger partial charge in [-0.2, -0.15) is 11.3 Å². The maximum Gasteiger partial charge on any atom is 0.153 e. The van der Waals surface area contributed by atoms with E-state index in [-0.39, 0.29) is 0 Å². The van der Waals surface area contributed by atoms with E-state index in [4.69, 9.17) is 49.3 Å². The van der Waals surface area contributed by atoms with Gasteiger partial charge in [0.25, 0.3) is 0 Å². The average Bonchev–Trinajstić information content (AvgIpc) is 1.71. The molecule has 0 radical (unpaired) electrons. The van der Waals surface area contributed by atoms with Crippen LogP contribution in [0.5, 0.6) is 0 Å². The number of aliphatic imine (C=N–C) groups is 1. The first kappa shape index (κ1) is 75.3. The zero-order valence-corrected chi connectivity index (χ0v) is 65.8. The predicted molar refractivity (Wildman–Crippen MR) is 470 cm³/mol. The van der Waals surface area contributed by atoms with E-state index < -0.39 is 0 Å². The summed E-state index contributed by atoms with van der Waals surface area (Å²) in [6.45, 7) is 0. The number of thiophene rings is 1. The third-order valence-electron chi connectivity index (χ3n) is 20.7. The molecule has 0 amide bonds. The number of hydrogen-bond acceptors (Lipinski definition) is 12. The fourth-order valence-corrected chi connectivity index (χ4v) is 15.0. The molecule has 1 aliphatic rings. The molecular weight excluding hydrogens is 1430 g/mol. The van der Waals surface area contributed by atoms with E-state index in [0.29, 0.717) is 0 Å². The van der Waals surface area contributed by atoms with Gasteiger partial charge < -0.3 is 22.7 Å². The lowest BCUT2D eigenvalue weighted by molar-refractivity contribution is 0.580. The number of pyridine rings is 5. The topological polar surface area (TPSA) is 161 Å². The zero-order valence-electron chi connectivity index (χ0n) is 65.0. The van der Waals surface area contributed by atoms with Crippen LogP contribution in [0.15, 0.2) is 336 Å². The van der Waals surface area contributed by atoms with Crippen molar-refractivity contribution in [3.63, 3.8) is 0 Å². The number of nitrogens with zero attached hydrogens (tertiary/aromatic N) is 14. The lowest BCUT2D eigenvalue weighted by atomic mass is 10.1. The third-order valence-corrected chi connectivity index (χ3v) is 21.4. The number of allylic oxidation sites excluding steroid dienone is 1. The normalized spacial score (nSPS) is 11.7. The molecule has 115 heavy (non-hydrogen) atoms. The van der Waals surface area contributed by atoms with Gasteiger partial charge in [0.15, 0.2) is 5.76 Å². The number of benzene rings is 8. The molecule has 12 heterocycles. The zero-order chi connectivity index (χ0) is 78.1. The first-order valence-corrected chi connectivity index (χ1v) is 40.2. The quantitative estimate of drug-likeness (QED) is 0.0762. The van der Waals surface area contributed by atoms with Gasteiger partial charge in [-0.25, -0.2) is 19.9 Å². The molecule has 0 atom stereocenters. The maximum atomic E-state index is 5.41. The highest BCUT2D eigenvalue weighted by molar-refractivity contribution is 7.08. The predicted octanol–water partition coefficient (Wildman–Crippen LogP) is 21.9. The van der Waals surface area contributed by atoms with E-state index in [0.717, 1.165) is 190 Å². The summed E-state index contributed by atoms with van der Waals surface area (Å²) in [5.41, 5.74) is 22.0. The van der Waals surface area contributed by atoms with Crippen LogP contribution in [-0.4, -0.2) is 68.8 Å². The van der Waals surface area contributed by atoms with Crippen molar-refractivity contribution in [2.24, 2.45) is 33.2 Å². The first-order valence-electron chi connectivity index (χ1n) is 39.2. The van der Waals surface area contributed by atoms with Crippen molar-refractivity contribution in [2.45, 2.75) is 70.6 Å². The molecular formula is C99H88N14OS.